The molecule has 1 N–H and O–H groups in total. The third kappa shape index (κ3) is 3.96. The molecule has 3 heterocycles. The van der Waals surface area contributed by atoms with Gasteiger partial charge in [-0.1, -0.05) is 0 Å². The standard InChI is InChI=1S/C14H22BrN3S.ClH/c1-11-8-13(19-14(11)15)10-17-5-2-12(9-17)18-6-3-16-4-7-18;/h8,12,16H,2-7,9-10H2,1H3;1H. The van der Waals surface area contributed by atoms with Crippen LogP contribution in [-0.4, -0.2) is 55.1 Å². The van der Waals surface area contributed by atoms with Crippen LogP contribution < -0.4 is 5.32 Å². The fourth-order valence-electron chi connectivity index (χ4n) is 3.12. The number of thiophene rings is 1. The van der Waals surface area contributed by atoms with Crippen LogP contribution in [0.25, 0.3) is 0 Å². The summed E-state index contributed by atoms with van der Waals surface area (Å²) in [5, 5.41) is 3.44. The van der Waals surface area contributed by atoms with Gasteiger partial charge >= 0.3 is 0 Å². The SMILES string of the molecule is Cc1cc(CN2CCC(N3CCNCC3)C2)sc1Br.Cl. The van der Waals surface area contributed by atoms with Gasteiger partial charge in [0.2, 0.25) is 0 Å². The zero-order valence-electron chi connectivity index (χ0n) is 11.9. The van der Waals surface area contributed by atoms with E-state index in [0.29, 0.717) is 0 Å². The monoisotopic (exact) mass is 379 g/mol. The Hall–Kier alpha value is 0.350. The Balaban J connectivity index is 0.00000147. The van der Waals surface area contributed by atoms with Crippen LogP contribution in [0.1, 0.15) is 16.9 Å². The number of nitrogens with zero attached hydrogens (tertiary/aromatic N) is 2. The Morgan fingerprint density at radius 1 is 1.35 bits per heavy atom. The van der Waals surface area contributed by atoms with Gasteiger partial charge in [-0.2, -0.15) is 0 Å². The third-order valence-corrected chi connectivity index (χ3v) is 6.32. The first-order valence-electron chi connectivity index (χ1n) is 7.14. The van der Waals surface area contributed by atoms with Gasteiger partial charge in [0.15, 0.2) is 0 Å². The van der Waals surface area contributed by atoms with Crippen molar-refractivity contribution in [2.24, 2.45) is 0 Å². The van der Waals surface area contributed by atoms with Crippen molar-refractivity contribution in [2.75, 3.05) is 39.3 Å². The number of hydrogen-bond donors (Lipinski definition) is 1. The minimum Gasteiger partial charge on any atom is -0.314 e. The molecular formula is C14H23BrClN3S. The van der Waals surface area contributed by atoms with Crippen LogP contribution in [-0.2, 0) is 6.54 Å². The topological polar surface area (TPSA) is 18.5 Å². The van der Waals surface area contributed by atoms with Gasteiger partial charge in [0.1, 0.15) is 0 Å². The summed E-state index contributed by atoms with van der Waals surface area (Å²) in [6.07, 6.45) is 1.34. The van der Waals surface area contributed by atoms with Crippen molar-refractivity contribution >= 4 is 39.7 Å². The number of halogens is 2. The molecule has 3 nitrogen and oxygen atoms in total. The summed E-state index contributed by atoms with van der Waals surface area (Å²) in [4.78, 5) is 6.78. The van der Waals surface area contributed by atoms with Crippen LogP contribution >= 0.6 is 39.7 Å². The summed E-state index contributed by atoms with van der Waals surface area (Å²) in [6.45, 7) is 10.6. The zero-order chi connectivity index (χ0) is 13.2. The molecule has 0 aromatic carbocycles. The highest BCUT2D eigenvalue weighted by Crippen LogP contribution is 2.29. The van der Waals surface area contributed by atoms with Gasteiger partial charge in [-0.25, -0.2) is 0 Å². The normalized spacial score (nSPS) is 24.8. The quantitative estimate of drug-likeness (QED) is 0.870. The lowest BCUT2D eigenvalue weighted by atomic mass is 10.2. The molecule has 2 aliphatic rings. The molecule has 6 heteroatoms. The van der Waals surface area contributed by atoms with Crippen molar-refractivity contribution < 1.29 is 0 Å². The summed E-state index contributed by atoms with van der Waals surface area (Å²) >= 11 is 5.51. The van der Waals surface area contributed by atoms with Crippen molar-refractivity contribution in [3.8, 4) is 0 Å². The summed E-state index contributed by atoms with van der Waals surface area (Å²) in [7, 11) is 0. The molecule has 1 aromatic heterocycles. The van der Waals surface area contributed by atoms with Gasteiger partial charge in [-0.15, -0.1) is 23.7 Å². The first-order valence-corrected chi connectivity index (χ1v) is 8.75. The van der Waals surface area contributed by atoms with E-state index in [-0.39, 0.29) is 12.4 Å². The average Bonchev–Trinajstić information content (AvgIpc) is 2.99. The summed E-state index contributed by atoms with van der Waals surface area (Å²) in [6, 6.07) is 3.11. The molecule has 0 amide bonds. The molecule has 2 aliphatic heterocycles. The van der Waals surface area contributed by atoms with E-state index in [2.05, 4.69) is 44.0 Å². The average molecular weight is 381 g/mol. The third-order valence-electron chi connectivity index (χ3n) is 4.20. The fraction of sp³-hybridized carbons (Fsp3) is 0.714. The number of rotatable bonds is 3. The molecular weight excluding hydrogens is 358 g/mol. The maximum atomic E-state index is 3.62. The predicted octanol–water partition coefficient (Wildman–Crippen LogP) is 2.72. The van der Waals surface area contributed by atoms with Crippen LogP contribution in [0.5, 0.6) is 0 Å². The maximum Gasteiger partial charge on any atom is 0.0730 e. The van der Waals surface area contributed by atoms with E-state index >= 15 is 0 Å². The lowest BCUT2D eigenvalue weighted by Crippen LogP contribution is -2.49. The molecule has 3 rings (SSSR count). The molecule has 1 aromatic rings. The van der Waals surface area contributed by atoms with E-state index in [1.165, 1.54) is 46.8 Å². The van der Waals surface area contributed by atoms with Crippen molar-refractivity contribution in [3.63, 3.8) is 0 Å². The largest absolute Gasteiger partial charge is 0.314 e. The number of likely N-dealkylation sites (tertiary alicyclic amines) is 1. The van der Waals surface area contributed by atoms with Crippen LogP contribution in [0, 0.1) is 6.92 Å². The number of hydrogen-bond acceptors (Lipinski definition) is 4. The Labute approximate surface area is 140 Å². The fourth-order valence-corrected chi connectivity index (χ4v) is 4.79. The van der Waals surface area contributed by atoms with Gasteiger partial charge in [0.05, 0.1) is 3.79 Å². The summed E-state index contributed by atoms with van der Waals surface area (Å²) < 4.78 is 1.29. The van der Waals surface area contributed by atoms with Crippen LogP contribution in [0.15, 0.2) is 9.85 Å². The molecule has 20 heavy (non-hydrogen) atoms. The molecule has 0 bridgehead atoms. The maximum absolute atomic E-state index is 3.62. The predicted molar refractivity (Wildman–Crippen MR) is 92.1 cm³/mol. The lowest BCUT2D eigenvalue weighted by Gasteiger charge is -2.32. The van der Waals surface area contributed by atoms with Crippen LogP contribution in [0.3, 0.4) is 0 Å². The van der Waals surface area contributed by atoms with Crippen molar-refractivity contribution in [1.82, 2.24) is 15.1 Å². The van der Waals surface area contributed by atoms with Crippen LogP contribution in [0.4, 0.5) is 0 Å². The molecule has 0 saturated carbocycles. The molecule has 0 aliphatic carbocycles. The highest BCUT2D eigenvalue weighted by atomic mass is 79.9. The molecule has 2 fully saturated rings. The first-order chi connectivity index (χ1) is 9.22. The highest BCUT2D eigenvalue weighted by Gasteiger charge is 2.28. The number of aryl methyl sites for hydroxylation is 1. The molecule has 2 saturated heterocycles. The van der Waals surface area contributed by atoms with Gasteiger partial charge in [0.25, 0.3) is 0 Å². The number of nitrogens with one attached hydrogen (secondary N) is 1. The second-order valence-corrected chi connectivity index (χ2v) is 8.09. The van der Waals surface area contributed by atoms with E-state index in [9.17, 15) is 0 Å². The van der Waals surface area contributed by atoms with Gasteiger partial charge < -0.3 is 5.32 Å². The van der Waals surface area contributed by atoms with Crippen molar-refractivity contribution in [2.45, 2.75) is 25.9 Å². The van der Waals surface area contributed by atoms with Crippen LogP contribution in [0.2, 0.25) is 0 Å². The van der Waals surface area contributed by atoms with Crippen molar-refractivity contribution in [3.05, 3.63) is 20.3 Å². The molecule has 0 radical (unpaired) electrons. The van der Waals surface area contributed by atoms with E-state index in [0.717, 1.165) is 25.7 Å². The van der Waals surface area contributed by atoms with E-state index < -0.39 is 0 Å². The second kappa shape index (κ2) is 7.56. The highest BCUT2D eigenvalue weighted by molar-refractivity contribution is 9.11. The Morgan fingerprint density at radius 2 is 2.10 bits per heavy atom. The van der Waals surface area contributed by atoms with E-state index in [4.69, 9.17) is 0 Å². The Bertz CT molecular complexity index is 415. The Morgan fingerprint density at radius 3 is 2.75 bits per heavy atom. The van der Waals surface area contributed by atoms with E-state index in [1.54, 1.807) is 0 Å². The molecule has 1 atom stereocenters. The molecule has 0 spiro atoms. The van der Waals surface area contributed by atoms with Gasteiger partial charge in [-0.3, -0.25) is 9.80 Å². The second-order valence-electron chi connectivity index (χ2n) is 5.63. The van der Waals surface area contributed by atoms with Gasteiger partial charge in [-0.05, 0) is 40.9 Å². The lowest BCUT2D eigenvalue weighted by molar-refractivity contribution is 0.170. The smallest absolute Gasteiger partial charge is 0.0730 e. The molecule has 114 valence electrons. The van der Waals surface area contributed by atoms with Gasteiger partial charge in [0, 0.05) is 56.7 Å². The minimum atomic E-state index is 0. The zero-order valence-corrected chi connectivity index (χ0v) is 15.1. The molecule has 1 unspecified atom stereocenters. The summed E-state index contributed by atoms with van der Waals surface area (Å²) in [5.74, 6) is 0. The Kier molecular flexibility index (Phi) is 6.32. The summed E-state index contributed by atoms with van der Waals surface area (Å²) in [5.41, 5.74) is 1.37. The van der Waals surface area contributed by atoms with E-state index in [1.807, 2.05) is 11.3 Å². The number of piperazine rings is 1. The minimum absolute atomic E-state index is 0. The van der Waals surface area contributed by atoms with Crippen molar-refractivity contribution in [1.29, 1.82) is 0 Å². The first kappa shape index (κ1) is 16.7.